The molecule has 0 aromatic rings. The van der Waals surface area contributed by atoms with Gasteiger partial charge in [0.15, 0.2) is 0 Å². The molecular weight excluding hydrogens is 87.0 g/mol. The second-order valence-electron chi connectivity index (χ2n) is 0.483. The van der Waals surface area contributed by atoms with Crippen LogP contribution in [0.15, 0.2) is 0 Å². The minimum Gasteiger partial charge on any atom is -0.478 e. The highest BCUT2D eigenvalue weighted by molar-refractivity contribution is 7.21. The lowest BCUT2D eigenvalue weighted by molar-refractivity contribution is -0.128. The van der Waals surface area contributed by atoms with Crippen LogP contribution < -0.4 is 0 Å². The van der Waals surface area contributed by atoms with Gasteiger partial charge in [-0.15, -0.1) is 8.86 Å². The quantitative estimate of drug-likeness (QED) is 0.460. The van der Waals surface area contributed by atoms with Gasteiger partial charge in [0.1, 0.15) is 0 Å². The molecule has 0 saturated heterocycles. The predicted octanol–water partition coefficient (Wildman–Crippen LogP) is 0.0160. The standard InChI is InChI=1S/C2H3O2P/c3-2(4)1-5/h1,5H,(H,3,4). The van der Waals surface area contributed by atoms with E-state index in [9.17, 15) is 4.79 Å². The fourth-order valence-corrected chi connectivity index (χ4v) is 0. The van der Waals surface area contributed by atoms with Crippen LogP contribution in [0.25, 0.3) is 0 Å². The summed E-state index contributed by atoms with van der Waals surface area (Å²) in [5, 5.41) is 7.62. The van der Waals surface area contributed by atoms with E-state index >= 15 is 0 Å². The molecule has 0 rings (SSSR count). The van der Waals surface area contributed by atoms with Crippen molar-refractivity contribution in [2.75, 3.05) is 0 Å². The van der Waals surface area contributed by atoms with Crippen molar-refractivity contribution in [2.45, 2.75) is 0 Å². The van der Waals surface area contributed by atoms with Gasteiger partial charge in [-0.05, 0) is 0 Å². The molecule has 0 unspecified atom stereocenters. The van der Waals surface area contributed by atoms with Crippen molar-refractivity contribution in [1.82, 2.24) is 0 Å². The number of hydrogen-bond donors (Lipinski definition) is 1. The molecule has 3 heteroatoms. The first-order chi connectivity index (χ1) is 2.27. The molecule has 28 valence electrons. The molecule has 0 aromatic carbocycles. The maximum atomic E-state index is 9.26. The average molecular weight is 90.0 g/mol. The van der Waals surface area contributed by atoms with Crippen LogP contribution in [0.3, 0.4) is 0 Å². The molecular formula is C2H3O2P. The molecule has 1 N–H and O–H groups in total. The first-order valence-electron chi connectivity index (χ1n) is 1.01. The molecule has 0 amide bonds. The van der Waals surface area contributed by atoms with E-state index in [1.54, 1.807) is 0 Å². The Balaban J connectivity index is 3.20. The third kappa shape index (κ3) is 3.64. The lowest BCUT2D eigenvalue weighted by atomic mass is 10.8. The zero-order chi connectivity index (χ0) is 4.28. The van der Waals surface area contributed by atoms with Gasteiger partial charge in [0.2, 0.25) is 0 Å². The van der Waals surface area contributed by atoms with Crippen LogP contribution in [-0.4, -0.2) is 16.9 Å². The molecule has 0 aliphatic rings. The molecule has 0 bridgehead atoms. The van der Waals surface area contributed by atoms with Crippen molar-refractivity contribution in [1.29, 1.82) is 0 Å². The summed E-state index contributed by atoms with van der Waals surface area (Å²) in [6.45, 7) is 0. The Kier molecular flexibility index (Phi) is 1.78. The largest absolute Gasteiger partial charge is 0.478 e. The lowest BCUT2D eigenvalue weighted by Crippen LogP contribution is -1.89. The zero-order valence-corrected chi connectivity index (χ0v) is 3.43. The molecule has 0 atom stereocenters. The maximum Gasteiger partial charge on any atom is 0.332 e. The highest BCUT2D eigenvalue weighted by Crippen LogP contribution is 1.53. The second kappa shape index (κ2) is 1.91. The summed E-state index contributed by atoms with van der Waals surface area (Å²) in [6, 6.07) is 0. The number of hydrogen-bond acceptors (Lipinski definition) is 1. The molecule has 0 aliphatic carbocycles. The van der Waals surface area contributed by atoms with Crippen molar-refractivity contribution >= 4 is 20.6 Å². The van der Waals surface area contributed by atoms with Gasteiger partial charge in [0, 0.05) is 5.80 Å². The number of aliphatic carboxylic acids is 1. The Labute approximate surface area is 31.6 Å². The van der Waals surface area contributed by atoms with Crippen molar-refractivity contribution in [2.24, 2.45) is 0 Å². The van der Waals surface area contributed by atoms with Crippen LogP contribution in [0.5, 0.6) is 0 Å². The molecule has 2 nitrogen and oxygen atoms in total. The van der Waals surface area contributed by atoms with Crippen molar-refractivity contribution in [3.05, 3.63) is 0 Å². The molecule has 0 aromatic heterocycles. The second-order valence-corrected chi connectivity index (χ2v) is 0.771. The van der Waals surface area contributed by atoms with E-state index < -0.39 is 5.97 Å². The Morgan fingerprint density at radius 3 is 2.20 bits per heavy atom. The third-order valence-corrected chi connectivity index (χ3v) is 0.370. The third-order valence-electron chi connectivity index (χ3n) is 0.123. The molecule has 5 heavy (non-hydrogen) atoms. The fraction of sp³-hybridized carbons (Fsp3) is 0. The van der Waals surface area contributed by atoms with Gasteiger partial charge in [0.05, 0.1) is 0 Å². The van der Waals surface area contributed by atoms with Crippen molar-refractivity contribution in [3.8, 4) is 0 Å². The number of carbonyl (C=O) groups is 1. The summed E-state index contributed by atoms with van der Waals surface area (Å²) >= 11 is 0. The van der Waals surface area contributed by atoms with E-state index in [1.165, 1.54) is 0 Å². The van der Waals surface area contributed by atoms with Gasteiger partial charge in [0.25, 0.3) is 0 Å². The van der Waals surface area contributed by atoms with Gasteiger partial charge >= 0.3 is 5.97 Å². The number of carboxylic acid groups (broad SMARTS) is 1. The highest BCUT2D eigenvalue weighted by Gasteiger charge is 1.74. The lowest BCUT2D eigenvalue weighted by Gasteiger charge is -1.63. The van der Waals surface area contributed by atoms with E-state index in [2.05, 4.69) is 8.86 Å². The van der Waals surface area contributed by atoms with Gasteiger partial charge in [-0.2, -0.15) is 0 Å². The predicted molar refractivity (Wildman–Crippen MR) is 22.0 cm³/mol. The molecule has 0 heterocycles. The SMILES string of the molecule is O=C(O)C=P. The molecule has 0 spiro atoms. The smallest absolute Gasteiger partial charge is 0.332 e. The summed E-state index contributed by atoms with van der Waals surface area (Å²) in [4.78, 5) is 9.26. The van der Waals surface area contributed by atoms with E-state index in [-0.39, 0.29) is 0 Å². The fourth-order valence-electron chi connectivity index (χ4n) is 0. The van der Waals surface area contributed by atoms with Crippen molar-refractivity contribution in [3.63, 3.8) is 0 Å². The summed E-state index contributed by atoms with van der Waals surface area (Å²) in [6.07, 6.45) is 0. The summed E-state index contributed by atoms with van der Waals surface area (Å²) in [7, 11) is 2.63. The topological polar surface area (TPSA) is 37.3 Å². The first-order valence-corrected chi connectivity index (χ1v) is 1.58. The van der Waals surface area contributed by atoms with E-state index in [1.807, 2.05) is 0 Å². The number of carboxylic acids is 1. The summed E-state index contributed by atoms with van der Waals surface area (Å²) in [5.74, 6) is -0.0679. The van der Waals surface area contributed by atoms with Gasteiger partial charge in [-0.3, -0.25) is 0 Å². The summed E-state index contributed by atoms with van der Waals surface area (Å²) < 4.78 is 0. The van der Waals surface area contributed by atoms with Crippen LogP contribution in [0, 0.1) is 0 Å². The minimum absolute atomic E-state index is 0.889. The normalized spacial score (nSPS) is 6.40. The molecule has 0 aliphatic heterocycles. The van der Waals surface area contributed by atoms with Crippen molar-refractivity contribution < 1.29 is 9.90 Å². The van der Waals surface area contributed by atoms with Crippen LogP contribution in [0.2, 0.25) is 0 Å². The van der Waals surface area contributed by atoms with Crippen LogP contribution in [-0.2, 0) is 4.79 Å². The van der Waals surface area contributed by atoms with Crippen LogP contribution in [0.4, 0.5) is 0 Å². The molecule has 0 fully saturated rings. The maximum absolute atomic E-state index is 9.26. The Hall–Kier alpha value is -0.360. The first kappa shape index (κ1) is 4.64. The van der Waals surface area contributed by atoms with E-state index in [0.717, 1.165) is 5.80 Å². The summed E-state index contributed by atoms with van der Waals surface area (Å²) in [5.41, 5.74) is 0. The molecule has 0 radical (unpaired) electrons. The molecule has 0 saturated carbocycles. The zero-order valence-electron chi connectivity index (χ0n) is 2.43. The van der Waals surface area contributed by atoms with Crippen LogP contribution in [0.1, 0.15) is 0 Å². The van der Waals surface area contributed by atoms with Crippen LogP contribution >= 0.6 is 8.86 Å². The number of rotatable bonds is 1. The van der Waals surface area contributed by atoms with Gasteiger partial charge < -0.3 is 5.11 Å². The average Bonchev–Trinajstić information content (AvgIpc) is 1.38. The van der Waals surface area contributed by atoms with E-state index in [0.29, 0.717) is 0 Å². The van der Waals surface area contributed by atoms with Gasteiger partial charge in [-0.1, -0.05) is 0 Å². The minimum atomic E-state index is -0.957. The Bertz CT molecular complexity index is 58.7. The monoisotopic (exact) mass is 90.0 g/mol. The Morgan fingerprint density at radius 2 is 2.20 bits per heavy atom. The Morgan fingerprint density at radius 1 is 2.00 bits per heavy atom. The van der Waals surface area contributed by atoms with Gasteiger partial charge in [-0.25, -0.2) is 4.79 Å². The highest BCUT2D eigenvalue weighted by atomic mass is 31.0. The van der Waals surface area contributed by atoms with E-state index in [4.69, 9.17) is 5.11 Å².